The number of carbonyl (C=O) groups is 1. The van der Waals surface area contributed by atoms with Gasteiger partial charge < -0.3 is 9.80 Å². The van der Waals surface area contributed by atoms with Crippen molar-refractivity contribution in [2.75, 3.05) is 31.1 Å². The van der Waals surface area contributed by atoms with Crippen LogP contribution in [0.25, 0.3) is 0 Å². The molecule has 1 saturated heterocycles. The van der Waals surface area contributed by atoms with Gasteiger partial charge in [-0.15, -0.1) is 0 Å². The Bertz CT molecular complexity index is 429. The van der Waals surface area contributed by atoms with E-state index in [4.69, 9.17) is 0 Å². The van der Waals surface area contributed by atoms with Gasteiger partial charge in [0.05, 0.1) is 4.92 Å². The average Bonchev–Trinajstić information content (AvgIpc) is 2.39. The molecule has 1 aromatic rings. The Morgan fingerprint density at radius 2 is 2.06 bits per heavy atom. The zero-order chi connectivity index (χ0) is 12.3. The molecular weight excluding hydrogens is 224 g/mol. The third-order valence-electron chi connectivity index (χ3n) is 2.78. The summed E-state index contributed by atoms with van der Waals surface area (Å²) in [6, 6.07) is 1.63. The Morgan fingerprint density at radius 3 is 2.65 bits per heavy atom. The summed E-state index contributed by atoms with van der Waals surface area (Å²) in [6.45, 7) is 2.37. The van der Waals surface area contributed by atoms with E-state index >= 15 is 0 Å². The van der Waals surface area contributed by atoms with Crippen LogP contribution in [0.5, 0.6) is 0 Å². The molecule has 1 fully saturated rings. The molecule has 1 aliphatic rings. The second-order valence-electron chi connectivity index (χ2n) is 3.75. The van der Waals surface area contributed by atoms with Crippen molar-refractivity contribution in [2.24, 2.45) is 0 Å². The second-order valence-corrected chi connectivity index (χ2v) is 3.75. The first-order chi connectivity index (χ1) is 8.22. The van der Waals surface area contributed by atoms with Gasteiger partial charge in [0.1, 0.15) is 11.9 Å². The maximum atomic E-state index is 10.9. The number of anilines is 1. The van der Waals surface area contributed by atoms with Crippen molar-refractivity contribution in [2.45, 2.75) is 0 Å². The van der Waals surface area contributed by atoms with Gasteiger partial charge >= 0.3 is 5.69 Å². The molecule has 1 aliphatic heterocycles. The van der Waals surface area contributed by atoms with E-state index in [0.717, 1.165) is 6.41 Å². The highest BCUT2D eigenvalue weighted by Crippen LogP contribution is 2.27. The molecule has 17 heavy (non-hydrogen) atoms. The monoisotopic (exact) mass is 236 g/mol. The molecule has 2 rings (SSSR count). The van der Waals surface area contributed by atoms with Gasteiger partial charge in [0.15, 0.2) is 0 Å². The molecule has 1 amide bonds. The Kier molecular flexibility index (Phi) is 3.17. The van der Waals surface area contributed by atoms with E-state index < -0.39 is 4.92 Å². The summed E-state index contributed by atoms with van der Waals surface area (Å²) < 4.78 is 0. The highest BCUT2D eigenvalue weighted by Gasteiger charge is 2.22. The lowest BCUT2D eigenvalue weighted by atomic mass is 10.2. The summed E-state index contributed by atoms with van der Waals surface area (Å²) in [5.41, 5.74) is 0.572. The number of pyridine rings is 1. The van der Waals surface area contributed by atoms with Gasteiger partial charge in [0.25, 0.3) is 0 Å². The Hall–Kier alpha value is -2.18. The first kappa shape index (κ1) is 11.3. The zero-order valence-electron chi connectivity index (χ0n) is 9.15. The van der Waals surface area contributed by atoms with Crippen LogP contribution in [0, 0.1) is 10.1 Å². The first-order valence-electron chi connectivity index (χ1n) is 5.25. The number of hydrogen-bond donors (Lipinski definition) is 0. The summed E-state index contributed by atoms with van der Waals surface area (Å²) in [6.07, 6.45) is 3.59. The smallest absolute Gasteiger partial charge is 0.310 e. The van der Waals surface area contributed by atoms with Crippen LogP contribution < -0.4 is 4.90 Å². The number of hydrogen-bond acceptors (Lipinski definition) is 5. The van der Waals surface area contributed by atoms with Crippen LogP contribution in [-0.4, -0.2) is 47.4 Å². The van der Waals surface area contributed by atoms with E-state index in [2.05, 4.69) is 4.98 Å². The molecule has 0 N–H and O–H groups in total. The number of aromatic nitrogens is 1. The Balaban J connectivity index is 2.18. The summed E-state index contributed by atoms with van der Waals surface area (Å²) in [7, 11) is 0. The van der Waals surface area contributed by atoms with Crippen molar-refractivity contribution in [1.29, 1.82) is 0 Å². The maximum Gasteiger partial charge on any atom is 0.310 e. The summed E-state index contributed by atoms with van der Waals surface area (Å²) >= 11 is 0. The predicted octanol–water partition coefficient (Wildman–Crippen LogP) is 0.268. The molecule has 0 unspecified atom stereocenters. The standard InChI is InChI=1S/C10H12N4O3/c15-8-12-3-5-13(6-4-12)9-1-2-11-7-10(9)14(16)17/h1-2,7-8H,3-6H2. The molecule has 0 spiro atoms. The molecule has 0 aromatic carbocycles. The lowest BCUT2D eigenvalue weighted by molar-refractivity contribution is -0.384. The van der Waals surface area contributed by atoms with Crippen LogP contribution in [0.15, 0.2) is 18.5 Å². The normalized spacial score (nSPS) is 15.8. The molecule has 2 heterocycles. The Labute approximate surface area is 97.8 Å². The minimum atomic E-state index is -0.436. The average molecular weight is 236 g/mol. The fourth-order valence-corrected chi connectivity index (χ4v) is 1.86. The molecule has 0 atom stereocenters. The lowest BCUT2D eigenvalue weighted by Gasteiger charge is -2.33. The molecule has 90 valence electrons. The van der Waals surface area contributed by atoms with Crippen molar-refractivity contribution in [3.63, 3.8) is 0 Å². The fraction of sp³-hybridized carbons (Fsp3) is 0.400. The van der Waals surface area contributed by atoms with Crippen molar-refractivity contribution >= 4 is 17.8 Å². The first-order valence-corrected chi connectivity index (χ1v) is 5.25. The van der Waals surface area contributed by atoms with Crippen molar-refractivity contribution < 1.29 is 9.72 Å². The largest absolute Gasteiger partial charge is 0.362 e. The molecule has 0 bridgehead atoms. The zero-order valence-corrected chi connectivity index (χ0v) is 9.15. The SMILES string of the molecule is O=CN1CCN(c2ccncc2[N+](=O)[O-])CC1. The number of nitro groups is 1. The number of rotatable bonds is 3. The number of carbonyl (C=O) groups excluding carboxylic acids is 1. The van der Waals surface area contributed by atoms with Crippen LogP contribution in [-0.2, 0) is 4.79 Å². The highest BCUT2D eigenvalue weighted by molar-refractivity contribution is 5.62. The van der Waals surface area contributed by atoms with Crippen molar-refractivity contribution in [3.05, 3.63) is 28.6 Å². The molecule has 7 nitrogen and oxygen atoms in total. The Morgan fingerprint density at radius 1 is 1.35 bits per heavy atom. The summed E-state index contributed by atoms with van der Waals surface area (Å²) in [4.78, 5) is 28.3. The van der Waals surface area contributed by atoms with E-state index in [-0.39, 0.29) is 5.69 Å². The molecule has 0 saturated carbocycles. The van der Waals surface area contributed by atoms with Crippen LogP contribution in [0.1, 0.15) is 0 Å². The van der Waals surface area contributed by atoms with Gasteiger partial charge in [-0.05, 0) is 6.07 Å². The molecule has 0 aliphatic carbocycles. The predicted molar refractivity (Wildman–Crippen MR) is 60.7 cm³/mol. The van der Waals surface area contributed by atoms with E-state index in [1.54, 1.807) is 11.0 Å². The molecule has 1 aromatic heterocycles. The quantitative estimate of drug-likeness (QED) is 0.427. The van der Waals surface area contributed by atoms with E-state index in [9.17, 15) is 14.9 Å². The highest BCUT2D eigenvalue weighted by atomic mass is 16.6. The van der Waals surface area contributed by atoms with Gasteiger partial charge in [0.2, 0.25) is 6.41 Å². The molecule has 0 radical (unpaired) electrons. The summed E-state index contributed by atoms with van der Waals surface area (Å²) in [5.74, 6) is 0. The van der Waals surface area contributed by atoms with E-state index in [1.165, 1.54) is 12.4 Å². The van der Waals surface area contributed by atoms with Crippen molar-refractivity contribution in [1.82, 2.24) is 9.88 Å². The fourth-order valence-electron chi connectivity index (χ4n) is 1.86. The lowest BCUT2D eigenvalue weighted by Crippen LogP contribution is -2.45. The van der Waals surface area contributed by atoms with Crippen LogP contribution in [0.3, 0.4) is 0 Å². The minimum absolute atomic E-state index is 0.00653. The van der Waals surface area contributed by atoms with E-state index in [0.29, 0.717) is 31.9 Å². The third-order valence-corrected chi connectivity index (χ3v) is 2.78. The number of nitrogens with zero attached hydrogens (tertiary/aromatic N) is 4. The van der Waals surface area contributed by atoms with E-state index in [1.807, 2.05) is 4.90 Å². The van der Waals surface area contributed by atoms with Gasteiger partial charge in [-0.3, -0.25) is 19.9 Å². The van der Waals surface area contributed by atoms with Crippen molar-refractivity contribution in [3.8, 4) is 0 Å². The van der Waals surface area contributed by atoms with Crippen LogP contribution >= 0.6 is 0 Å². The van der Waals surface area contributed by atoms with Gasteiger partial charge in [-0.1, -0.05) is 0 Å². The topological polar surface area (TPSA) is 79.6 Å². The third kappa shape index (κ3) is 2.32. The summed E-state index contributed by atoms with van der Waals surface area (Å²) in [5, 5.41) is 10.9. The van der Waals surface area contributed by atoms with Gasteiger partial charge in [-0.2, -0.15) is 0 Å². The molecular formula is C10H12N4O3. The molecule has 7 heteroatoms. The maximum absolute atomic E-state index is 10.9. The van der Waals surface area contributed by atoms with Crippen LogP contribution in [0.4, 0.5) is 11.4 Å². The van der Waals surface area contributed by atoms with Gasteiger partial charge in [-0.25, -0.2) is 0 Å². The minimum Gasteiger partial charge on any atom is -0.362 e. The number of piperazine rings is 1. The number of amides is 1. The van der Waals surface area contributed by atoms with Gasteiger partial charge in [0, 0.05) is 32.4 Å². The van der Waals surface area contributed by atoms with Crippen LogP contribution in [0.2, 0.25) is 0 Å². The second kappa shape index (κ2) is 4.77.